The van der Waals surface area contributed by atoms with Crippen molar-refractivity contribution in [1.29, 1.82) is 0 Å². The topological polar surface area (TPSA) is 115 Å². The van der Waals surface area contributed by atoms with Crippen molar-refractivity contribution in [3.05, 3.63) is 64.7 Å². The molecule has 2 aliphatic heterocycles. The minimum absolute atomic E-state index is 0.00271. The molecule has 4 heterocycles. The van der Waals surface area contributed by atoms with Crippen molar-refractivity contribution in [2.45, 2.75) is 25.8 Å². The molecule has 9 nitrogen and oxygen atoms in total. The van der Waals surface area contributed by atoms with Gasteiger partial charge >= 0.3 is 0 Å². The summed E-state index contributed by atoms with van der Waals surface area (Å²) < 4.78 is 6.15. The molecule has 1 radical (unpaired) electrons. The van der Waals surface area contributed by atoms with E-state index >= 15 is 0 Å². The number of aromatic amines is 1. The summed E-state index contributed by atoms with van der Waals surface area (Å²) in [5, 5.41) is 20.7. The number of hydrogen-bond donors (Lipinski definition) is 3. The van der Waals surface area contributed by atoms with Gasteiger partial charge in [0, 0.05) is 37.4 Å². The van der Waals surface area contributed by atoms with Crippen LogP contribution in [-0.4, -0.2) is 54.2 Å². The third-order valence-electron chi connectivity index (χ3n) is 5.84. The van der Waals surface area contributed by atoms with E-state index in [-0.39, 0.29) is 29.3 Å². The number of pyridine rings is 1. The van der Waals surface area contributed by atoms with Crippen molar-refractivity contribution in [3.8, 4) is 17.3 Å². The van der Waals surface area contributed by atoms with Gasteiger partial charge in [0.1, 0.15) is 23.7 Å². The zero-order chi connectivity index (χ0) is 23.1. The van der Waals surface area contributed by atoms with Gasteiger partial charge in [0.25, 0.3) is 0 Å². The van der Waals surface area contributed by atoms with Crippen LogP contribution in [0.2, 0.25) is 0 Å². The summed E-state index contributed by atoms with van der Waals surface area (Å²) in [6.45, 7) is 2.23. The normalized spacial score (nSPS) is 18.7. The number of nitrogens with zero attached hydrogens (tertiary/aromatic N) is 4. The van der Waals surface area contributed by atoms with E-state index in [1.165, 1.54) is 6.08 Å². The molecule has 0 saturated carbocycles. The fourth-order valence-electron chi connectivity index (χ4n) is 4.31. The number of allylic oxidation sites excluding steroid dienone is 1. The van der Waals surface area contributed by atoms with E-state index in [1.54, 1.807) is 19.2 Å². The molecule has 33 heavy (non-hydrogen) atoms. The Balaban J connectivity index is 1.61. The number of aromatic nitrogens is 3. The van der Waals surface area contributed by atoms with E-state index < -0.39 is 0 Å². The van der Waals surface area contributed by atoms with Gasteiger partial charge in [-0.3, -0.25) is 15.0 Å². The molecule has 2 aliphatic rings. The van der Waals surface area contributed by atoms with E-state index in [0.29, 0.717) is 35.1 Å². The van der Waals surface area contributed by atoms with Crippen LogP contribution in [0, 0.1) is 0 Å². The number of ether oxygens (including phenoxy) is 1. The van der Waals surface area contributed by atoms with Gasteiger partial charge in [-0.1, -0.05) is 18.7 Å². The predicted octanol–water partition coefficient (Wildman–Crippen LogP) is 4.20. The number of likely N-dealkylation sites (tertiary alicyclic amines) is 1. The van der Waals surface area contributed by atoms with Crippen molar-refractivity contribution in [2.24, 2.45) is 0 Å². The fourth-order valence-corrected chi connectivity index (χ4v) is 4.43. The molecular formula is C23H22N5O4S. The average Bonchev–Trinajstić information content (AvgIpc) is 3.44. The predicted molar refractivity (Wildman–Crippen MR) is 123 cm³/mol. The monoisotopic (exact) mass is 464 g/mol. The Labute approximate surface area is 195 Å². The number of nitrogens with one attached hydrogen (secondary N) is 1. The highest BCUT2D eigenvalue weighted by Gasteiger charge is 2.31. The van der Waals surface area contributed by atoms with Gasteiger partial charge in [-0.25, -0.2) is 10.0 Å². The summed E-state index contributed by atoms with van der Waals surface area (Å²) in [6.07, 6.45) is 4.79. The Morgan fingerprint density at radius 2 is 2.18 bits per heavy atom. The van der Waals surface area contributed by atoms with Gasteiger partial charge in [-0.2, -0.15) is 0 Å². The molecule has 169 valence electrons. The van der Waals surface area contributed by atoms with Crippen LogP contribution in [-0.2, 0) is 4.79 Å². The smallest absolute Gasteiger partial charge is 0.219 e. The Hall–Kier alpha value is -3.63. The molecule has 0 aliphatic carbocycles. The standard InChI is InChI=1S/C23H22N5O4S/c1-13(29)27-8-4-6-19(27)15-10-17-18(26-22(25-17)16-5-2-3-7-24-16)11-21(15)32-14-9-20(30)23(33)28(31)12-14/h2-3,5,7,9-11,19,30-31H,4,6,8,12H2,1H3,(H,25,26). The van der Waals surface area contributed by atoms with Crippen molar-refractivity contribution >= 4 is 29.6 Å². The number of hydrogen-bond acceptors (Lipinski definition) is 7. The zero-order valence-corrected chi connectivity index (χ0v) is 18.7. The first-order valence-electron chi connectivity index (χ1n) is 10.6. The lowest BCUT2D eigenvalue weighted by Gasteiger charge is -2.27. The zero-order valence-electron chi connectivity index (χ0n) is 17.9. The Morgan fingerprint density at radius 1 is 1.33 bits per heavy atom. The number of amides is 1. The minimum atomic E-state index is -0.250. The van der Waals surface area contributed by atoms with Gasteiger partial charge in [0.2, 0.25) is 5.91 Å². The van der Waals surface area contributed by atoms with E-state index in [4.69, 9.17) is 17.4 Å². The maximum atomic E-state index is 12.3. The van der Waals surface area contributed by atoms with Crippen LogP contribution in [0.25, 0.3) is 22.6 Å². The van der Waals surface area contributed by atoms with E-state index in [0.717, 1.165) is 29.0 Å². The minimum Gasteiger partial charge on any atom is -0.505 e. The molecule has 0 bridgehead atoms. The largest absolute Gasteiger partial charge is 0.505 e. The van der Waals surface area contributed by atoms with Crippen LogP contribution < -0.4 is 4.74 Å². The number of benzene rings is 1. The molecule has 10 heteroatoms. The number of hydroxylamine groups is 2. The van der Waals surface area contributed by atoms with Gasteiger partial charge in [0.05, 0.1) is 17.1 Å². The van der Waals surface area contributed by atoms with Crippen molar-refractivity contribution in [1.82, 2.24) is 24.9 Å². The Bertz CT molecular complexity index is 1290. The number of aliphatic hydroxyl groups is 1. The first kappa shape index (κ1) is 21.2. The van der Waals surface area contributed by atoms with Gasteiger partial charge in [-0.15, -0.1) is 0 Å². The number of imidazole rings is 1. The SMILES string of the molecule is CC(=O)N1CCCC1c1cc2[nH]c(-c3ccccn3)nc2cc1OC1=CC(O)=C([S])N(O)C1. The quantitative estimate of drug-likeness (QED) is 0.530. The molecule has 3 N–H and O–H groups in total. The summed E-state index contributed by atoms with van der Waals surface area (Å²) in [5.41, 5.74) is 3.00. The lowest BCUT2D eigenvalue weighted by molar-refractivity contribution is -0.129. The molecule has 1 aromatic carbocycles. The van der Waals surface area contributed by atoms with Gasteiger partial charge in [0.15, 0.2) is 16.6 Å². The van der Waals surface area contributed by atoms with Gasteiger partial charge < -0.3 is 19.7 Å². The number of carbonyl (C=O) groups is 1. The Kier molecular flexibility index (Phi) is 5.39. The van der Waals surface area contributed by atoms with E-state index in [9.17, 15) is 15.1 Å². The van der Waals surface area contributed by atoms with Gasteiger partial charge in [-0.05, 0) is 31.0 Å². The number of rotatable bonds is 4. The molecule has 1 atom stereocenters. The maximum Gasteiger partial charge on any atom is 0.219 e. The van der Waals surface area contributed by atoms with Crippen molar-refractivity contribution < 1.29 is 19.8 Å². The number of H-pyrrole nitrogens is 1. The molecule has 0 spiro atoms. The van der Waals surface area contributed by atoms with Crippen molar-refractivity contribution in [3.63, 3.8) is 0 Å². The van der Waals surface area contributed by atoms with Crippen LogP contribution >= 0.6 is 12.6 Å². The molecule has 2 aromatic heterocycles. The lowest BCUT2D eigenvalue weighted by atomic mass is 10.0. The van der Waals surface area contributed by atoms with Crippen LogP contribution in [0.15, 0.2) is 59.2 Å². The second kappa shape index (κ2) is 8.38. The van der Waals surface area contributed by atoms with Crippen molar-refractivity contribution in [2.75, 3.05) is 13.1 Å². The molecular weight excluding hydrogens is 442 g/mol. The molecule has 1 saturated heterocycles. The Morgan fingerprint density at radius 3 is 2.91 bits per heavy atom. The molecule has 1 amide bonds. The number of aliphatic hydroxyl groups excluding tert-OH is 1. The molecule has 3 aromatic rings. The number of fused-ring (bicyclic) bond motifs is 1. The van der Waals surface area contributed by atoms with E-state index in [2.05, 4.69) is 15.0 Å². The average molecular weight is 465 g/mol. The fraction of sp³-hybridized carbons (Fsp3) is 0.261. The highest BCUT2D eigenvalue weighted by Crippen LogP contribution is 2.40. The first-order valence-corrected chi connectivity index (χ1v) is 11.0. The summed E-state index contributed by atoms with van der Waals surface area (Å²) in [6, 6.07) is 9.20. The molecule has 1 fully saturated rings. The summed E-state index contributed by atoms with van der Waals surface area (Å²) in [7, 11) is 0. The molecule has 1 unspecified atom stereocenters. The highest BCUT2D eigenvalue weighted by molar-refractivity contribution is 7.84. The third kappa shape index (κ3) is 3.98. The number of carbonyl (C=O) groups excluding carboxylic acids is 1. The second-order valence-electron chi connectivity index (χ2n) is 8.04. The summed E-state index contributed by atoms with van der Waals surface area (Å²) in [5.74, 6) is 1.19. The van der Waals surface area contributed by atoms with Crippen LogP contribution in [0.1, 0.15) is 31.4 Å². The molecule has 5 rings (SSSR count). The maximum absolute atomic E-state index is 12.3. The first-order chi connectivity index (χ1) is 15.9. The third-order valence-corrected chi connectivity index (χ3v) is 6.26. The van der Waals surface area contributed by atoms with Crippen LogP contribution in [0.3, 0.4) is 0 Å². The van der Waals surface area contributed by atoms with Crippen LogP contribution in [0.4, 0.5) is 0 Å². The lowest BCUT2D eigenvalue weighted by Crippen LogP contribution is -2.29. The summed E-state index contributed by atoms with van der Waals surface area (Å²) >= 11 is 4.96. The van der Waals surface area contributed by atoms with Crippen LogP contribution in [0.5, 0.6) is 5.75 Å². The second-order valence-corrected chi connectivity index (χ2v) is 8.43. The summed E-state index contributed by atoms with van der Waals surface area (Å²) in [4.78, 5) is 26.4. The highest BCUT2D eigenvalue weighted by atomic mass is 32.1. The van der Waals surface area contributed by atoms with E-state index in [1.807, 2.05) is 29.2 Å².